The summed E-state index contributed by atoms with van der Waals surface area (Å²) in [5.41, 5.74) is -2.14. The Morgan fingerprint density at radius 3 is 2.60 bits per heavy atom. The van der Waals surface area contributed by atoms with Crippen LogP contribution in [0.4, 0.5) is 13.6 Å². The van der Waals surface area contributed by atoms with Crippen molar-refractivity contribution in [3.8, 4) is 5.75 Å². The summed E-state index contributed by atoms with van der Waals surface area (Å²) < 4.78 is 33.1. The molecule has 10 heteroatoms. The van der Waals surface area contributed by atoms with E-state index < -0.39 is 41.6 Å². The van der Waals surface area contributed by atoms with E-state index in [1.54, 1.807) is 24.3 Å². The van der Waals surface area contributed by atoms with Crippen LogP contribution >= 0.6 is 11.6 Å². The third-order valence-corrected chi connectivity index (χ3v) is 4.80. The fourth-order valence-corrected chi connectivity index (χ4v) is 3.12. The van der Waals surface area contributed by atoms with Crippen molar-refractivity contribution >= 4 is 29.4 Å². The minimum Gasteiger partial charge on any atom is -0.492 e. The summed E-state index contributed by atoms with van der Waals surface area (Å²) in [5, 5.41) is 5.41. The van der Waals surface area contributed by atoms with Gasteiger partial charge in [0, 0.05) is 10.6 Å². The Morgan fingerprint density at radius 1 is 1.20 bits per heavy atom. The zero-order chi connectivity index (χ0) is 21.9. The summed E-state index contributed by atoms with van der Waals surface area (Å²) in [5.74, 6) is -2.51. The third kappa shape index (κ3) is 4.51. The van der Waals surface area contributed by atoms with E-state index >= 15 is 0 Å². The van der Waals surface area contributed by atoms with Crippen molar-refractivity contribution in [2.75, 3.05) is 19.7 Å². The molecule has 158 valence electrons. The van der Waals surface area contributed by atoms with E-state index in [1.807, 2.05) is 0 Å². The van der Waals surface area contributed by atoms with E-state index in [2.05, 4.69) is 10.6 Å². The highest BCUT2D eigenvalue weighted by Gasteiger charge is 2.50. The van der Waals surface area contributed by atoms with Gasteiger partial charge in [-0.25, -0.2) is 13.6 Å². The Labute approximate surface area is 175 Å². The summed E-state index contributed by atoms with van der Waals surface area (Å²) in [7, 11) is 0. The largest absolute Gasteiger partial charge is 0.492 e. The lowest BCUT2D eigenvalue weighted by Gasteiger charge is -2.22. The van der Waals surface area contributed by atoms with Crippen LogP contribution in [0.1, 0.15) is 12.5 Å². The number of carbonyl (C=O) groups is 3. The quantitative estimate of drug-likeness (QED) is 0.515. The first-order valence-corrected chi connectivity index (χ1v) is 9.33. The van der Waals surface area contributed by atoms with Gasteiger partial charge in [-0.3, -0.25) is 14.5 Å². The molecule has 1 aliphatic rings. The maximum atomic E-state index is 14.1. The van der Waals surface area contributed by atoms with E-state index in [-0.39, 0.29) is 18.7 Å². The van der Waals surface area contributed by atoms with Gasteiger partial charge in [0.05, 0.1) is 6.54 Å². The van der Waals surface area contributed by atoms with Crippen LogP contribution in [0.5, 0.6) is 5.75 Å². The van der Waals surface area contributed by atoms with Crippen LogP contribution in [-0.2, 0) is 15.1 Å². The topological polar surface area (TPSA) is 87.7 Å². The highest BCUT2D eigenvalue weighted by atomic mass is 35.5. The first-order valence-electron chi connectivity index (χ1n) is 8.95. The number of nitrogens with one attached hydrogen (secondary N) is 2. The van der Waals surface area contributed by atoms with Crippen molar-refractivity contribution in [1.82, 2.24) is 15.5 Å². The van der Waals surface area contributed by atoms with Gasteiger partial charge in [-0.05, 0) is 49.4 Å². The predicted molar refractivity (Wildman–Crippen MR) is 104 cm³/mol. The first-order chi connectivity index (χ1) is 14.2. The molecule has 0 saturated carbocycles. The van der Waals surface area contributed by atoms with Crippen molar-refractivity contribution in [2.45, 2.75) is 12.5 Å². The summed E-state index contributed by atoms with van der Waals surface area (Å²) in [6, 6.07) is 8.39. The van der Waals surface area contributed by atoms with Gasteiger partial charge < -0.3 is 15.4 Å². The Bertz CT molecular complexity index is 987. The van der Waals surface area contributed by atoms with Crippen molar-refractivity contribution in [3.05, 3.63) is 64.7 Å². The Kier molecular flexibility index (Phi) is 6.21. The summed E-state index contributed by atoms with van der Waals surface area (Å²) in [6.07, 6.45) is 0. The second kappa shape index (κ2) is 8.66. The lowest BCUT2D eigenvalue weighted by molar-refractivity contribution is -0.134. The standard InChI is InChI=1S/C20H18ClF2N3O4/c1-20(15-10-13(22)4-7-16(15)23)18(28)26(19(29)25-20)11-17(27)24-8-9-30-14-5-2-12(21)3-6-14/h2-7,10H,8-9,11H2,1H3,(H,24,27)(H,25,29). The van der Waals surface area contributed by atoms with Gasteiger partial charge >= 0.3 is 6.03 Å². The Hall–Kier alpha value is -3.20. The Morgan fingerprint density at radius 2 is 1.90 bits per heavy atom. The van der Waals surface area contributed by atoms with Crippen LogP contribution in [0.25, 0.3) is 0 Å². The van der Waals surface area contributed by atoms with Crippen LogP contribution in [0.2, 0.25) is 5.02 Å². The average Bonchev–Trinajstić information content (AvgIpc) is 2.92. The van der Waals surface area contributed by atoms with Gasteiger partial charge in [-0.2, -0.15) is 0 Å². The number of carbonyl (C=O) groups excluding carboxylic acids is 3. The number of amides is 4. The van der Waals surface area contributed by atoms with Gasteiger partial charge in [-0.1, -0.05) is 11.6 Å². The molecule has 30 heavy (non-hydrogen) atoms. The minimum absolute atomic E-state index is 0.126. The monoisotopic (exact) mass is 437 g/mol. The van der Waals surface area contributed by atoms with Gasteiger partial charge in [0.15, 0.2) is 0 Å². The molecule has 0 aromatic heterocycles. The molecule has 0 bridgehead atoms. The number of urea groups is 1. The summed E-state index contributed by atoms with van der Waals surface area (Å²) in [4.78, 5) is 37.7. The second-order valence-electron chi connectivity index (χ2n) is 6.72. The molecule has 0 spiro atoms. The summed E-state index contributed by atoms with van der Waals surface area (Å²) >= 11 is 5.78. The number of ether oxygens (including phenoxy) is 1. The molecule has 7 nitrogen and oxygen atoms in total. The molecule has 1 fully saturated rings. The molecule has 1 heterocycles. The smallest absolute Gasteiger partial charge is 0.325 e. The zero-order valence-electron chi connectivity index (χ0n) is 15.9. The first kappa shape index (κ1) is 21.5. The SMILES string of the molecule is CC1(c2cc(F)ccc2F)NC(=O)N(CC(=O)NCCOc2ccc(Cl)cc2)C1=O. The van der Waals surface area contributed by atoms with Crippen LogP contribution < -0.4 is 15.4 Å². The molecule has 3 rings (SSSR count). The second-order valence-corrected chi connectivity index (χ2v) is 7.16. The molecular weight excluding hydrogens is 420 g/mol. The minimum atomic E-state index is -1.82. The number of nitrogens with zero attached hydrogens (tertiary/aromatic N) is 1. The number of halogens is 3. The predicted octanol–water partition coefficient (Wildman–Crippen LogP) is 2.58. The molecule has 2 N–H and O–H groups in total. The molecule has 1 aliphatic heterocycles. The normalized spacial score (nSPS) is 18.3. The van der Waals surface area contributed by atoms with E-state index in [1.165, 1.54) is 6.92 Å². The van der Waals surface area contributed by atoms with Crippen molar-refractivity contribution in [1.29, 1.82) is 0 Å². The van der Waals surface area contributed by atoms with Crippen molar-refractivity contribution in [2.24, 2.45) is 0 Å². The molecule has 1 saturated heterocycles. The number of hydrogen-bond donors (Lipinski definition) is 2. The lowest BCUT2D eigenvalue weighted by atomic mass is 9.91. The number of rotatable bonds is 7. The van der Waals surface area contributed by atoms with E-state index in [9.17, 15) is 23.2 Å². The maximum Gasteiger partial charge on any atom is 0.325 e. The maximum absolute atomic E-state index is 14.1. The van der Waals surface area contributed by atoms with E-state index in [0.717, 1.165) is 18.2 Å². The third-order valence-electron chi connectivity index (χ3n) is 4.55. The summed E-state index contributed by atoms with van der Waals surface area (Å²) in [6.45, 7) is 0.960. The van der Waals surface area contributed by atoms with Crippen LogP contribution in [0.3, 0.4) is 0 Å². The Balaban J connectivity index is 1.56. The molecule has 0 radical (unpaired) electrons. The number of hydrogen-bond acceptors (Lipinski definition) is 4. The fraction of sp³-hybridized carbons (Fsp3) is 0.250. The molecule has 1 unspecified atom stereocenters. The van der Waals surface area contributed by atoms with Gasteiger partial charge in [-0.15, -0.1) is 0 Å². The molecule has 4 amide bonds. The lowest BCUT2D eigenvalue weighted by Crippen LogP contribution is -2.44. The highest BCUT2D eigenvalue weighted by Crippen LogP contribution is 2.31. The molecule has 2 aromatic rings. The highest BCUT2D eigenvalue weighted by molar-refractivity contribution is 6.30. The molecule has 2 aromatic carbocycles. The average molecular weight is 438 g/mol. The van der Waals surface area contributed by atoms with Crippen LogP contribution in [-0.4, -0.2) is 42.4 Å². The van der Waals surface area contributed by atoms with Gasteiger partial charge in [0.2, 0.25) is 5.91 Å². The van der Waals surface area contributed by atoms with E-state index in [0.29, 0.717) is 15.7 Å². The van der Waals surface area contributed by atoms with Gasteiger partial charge in [0.25, 0.3) is 5.91 Å². The number of imide groups is 1. The van der Waals surface area contributed by atoms with Crippen LogP contribution in [0, 0.1) is 11.6 Å². The molecule has 1 atom stereocenters. The van der Waals surface area contributed by atoms with E-state index in [4.69, 9.17) is 16.3 Å². The zero-order valence-corrected chi connectivity index (χ0v) is 16.6. The van der Waals surface area contributed by atoms with Crippen LogP contribution in [0.15, 0.2) is 42.5 Å². The van der Waals surface area contributed by atoms with Gasteiger partial charge in [0.1, 0.15) is 36.1 Å². The van der Waals surface area contributed by atoms with Crippen molar-refractivity contribution in [3.63, 3.8) is 0 Å². The fourth-order valence-electron chi connectivity index (χ4n) is 2.99. The number of benzene rings is 2. The molecular formula is C20H18ClF2N3O4. The molecule has 0 aliphatic carbocycles. The van der Waals surface area contributed by atoms with Crippen molar-refractivity contribution < 1.29 is 27.9 Å².